The maximum atomic E-state index is 6.38. The van der Waals surface area contributed by atoms with E-state index in [1.165, 1.54) is 19.3 Å². The van der Waals surface area contributed by atoms with Crippen molar-refractivity contribution in [2.24, 2.45) is 18.9 Å². The summed E-state index contributed by atoms with van der Waals surface area (Å²) in [6, 6.07) is 0.627. The van der Waals surface area contributed by atoms with Crippen molar-refractivity contribution in [1.82, 2.24) is 15.1 Å². The summed E-state index contributed by atoms with van der Waals surface area (Å²) in [5.41, 5.74) is 2.12. The van der Waals surface area contributed by atoms with Crippen LogP contribution in [0.15, 0.2) is 0 Å². The summed E-state index contributed by atoms with van der Waals surface area (Å²) in [5, 5.41) is 8.97. The summed E-state index contributed by atoms with van der Waals surface area (Å²) in [6.45, 7) is 7.65. The van der Waals surface area contributed by atoms with Crippen LogP contribution >= 0.6 is 11.6 Å². The molecule has 0 amide bonds. The predicted molar refractivity (Wildman–Crippen MR) is 80.4 cm³/mol. The smallest absolute Gasteiger partial charge is 0.0863 e. The van der Waals surface area contributed by atoms with E-state index in [4.69, 9.17) is 11.6 Å². The van der Waals surface area contributed by atoms with Crippen LogP contribution in [0.5, 0.6) is 0 Å². The molecule has 0 radical (unpaired) electrons. The summed E-state index contributed by atoms with van der Waals surface area (Å²) >= 11 is 6.38. The number of hydrogen-bond donors (Lipinski definition) is 1. The van der Waals surface area contributed by atoms with Crippen molar-refractivity contribution in [1.29, 1.82) is 0 Å². The van der Waals surface area contributed by atoms with Crippen molar-refractivity contribution in [2.75, 3.05) is 0 Å². The average molecular weight is 284 g/mol. The topological polar surface area (TPSA) is 29.9 Å². The van der Waals surface area contributed by atoms with Crippen LogP contribution in [0.1, 0.15) is 51.4 Å². The molecule has 1 aliphatic rings. The fourth-order valence-corrected chi connectivity index (χ4v) is 3.35. The first-order valence-corrected chi connectivity index (χ1v) is 7.84. The van der Waals surface area contributed by atoms with Gasteiger partial charge in [0.25, 0.3) is 0 Å². The zero-order valence-electron chi connectivity index (χ0n) is 12.5. The van der Waals surface area contributed by atoms with Crippen LogP contribution in [0, 0.1) is 11.8 Å². The fraction of sp³-hybridized carbons (Fsp3) is 0.800. The van der Waals surface area contributed by atoms with Gasteiger partial charge in [0.15, 0.2) is 0 Å². The van der Waals surface area contributed by atoms with Gasteiger partial charge in [0.2, 0.25) is 0 Å². The highest BCUT2D eigenvalue weighted by Crippen LogP contribution is 2.29. The van der Waals surface area contributed by atoms with Crippen LogP contribution in [-0.2, 0) is 20.0 Å². The molecule has 1 fully saturated rings. The van der Waals surface area contributed by atoms with E-state index in [0.717, 1.165) is 41.2 Å². The first-order chi connectivity index (χ1) is 9.02. The molecule has 0 bridgehead atoms. The molecule has 1 aromatic rings. The van der Waals surface area contributed by atoms with Gasteiger partial charge in [0, 0.05) is 19.6 Å². The second-order valence-corrected chi connectivity index (χ2v) is 6.41. The van der Waals surface area contributed by atoms with Gasteiger partial charge in [-0.3, -0.25) is 4.68 Å². The zero-order chi connectivity index (χ0) is 14.0. The highest BCUT2D eigenvalue weighted by molar-refractivity contribution is 6.31. The Morgan fingerprint density at radius 2 is 2.05 bits per heavy atom. The molecule has 3 unspecified atom stereocenters. The van der Waals surface area contributed by atoms with Crippen molar-refractivity contribution >= 4 is 11.6 Å². The Morgan fingerprint density at radius 1 is 1.32 bits per heavy atom. The molecule has 1 aliphatic carbocycles. The van der Waals surface area contributed by atoms with Crippen LogP contribution in [0.3, 0.4) is 0 Å². The number of hydrogen-bond acceptors (Lipinski definition) is 2. The molecule has 0 spiro atoms. The molecule has 108 valence electrons. The Balaban J connectivity index is 1.94. The number of rotatable bonds is 4. The number of aryl methyl sites for hydroxylation is 2. The zero-order valence-corrected chi connectivity index (χ0v) is 13.3. The lowest BCUT2D eigenvalue weighted by atomic mass is 9.79. The van der Waals surface area contributed by atoms with Gasteiger partial charge >= 0.3 is 0 Å². The average Bonchev–Trinajstić information content (AvgIpc) is 2.66. The molecule has 1 aromatic heterocycles. The molecule has 1 heterocycles. The van der Waals surface area contributed by atoms with Crippen molar-refractivity contribution in [3.05, 3.63) is 16.4 Å². The Bertz CT molecular complexity index is 427. The van der Waals surface area contributed by atoms with E-state index in [2.05, 4.69) is 31.2 Å². The second kappa shape index (κ2) is 6.27. The molecular formula is C15H26ClN3. The molecule has 19 heavy (non-hydrogen) atoms. The third-order valence-electron chi connectivity index (χ3n) is 4.66. The van der Waals surface area contributed by atoms with E-state index in [0.29, 0.717) is 6.04 Å². The molecule has 0 aliphatic heterocycles. The van der Waals surface area contributed by atoms with Crippen molar-refractivity contribution in [3.8, 4) is 0 Å². The summed E-state index contributed by atoms with van der Waals surface area (Å²) in [6.07, 6.45) is 4.78. The Morgan fingerprint density at radius 3 is 2.63 bits per heavy atom. The minimum atomic E-state index is 0.627. The van der Waals surface area contributed by atoms with Crippen LogP contribution < -0.4 is 5.32 Å². The molecule has 3 atom stereocenters. The lowest BCUT2D eigenvalue weighted by molar-refractivity contribution is 0.225. The van der Waals surface area contributed by atoms with Gasteiger partial charge in [-0.15, -0.1) is 0 Å². The molecule has 1 saturated carbocycles. The largest absolute Gasteiger partial charge is 0.308 e. The summed E-state index contributed by atoms with van der Waals surface area (Å²) < 4.78 is 1.92. The second-order valence-electron chi connectivity index (χ2n) is 6.03. The van der Waals surface area contributed by atoms with Gasteiger partial charge in [-0.05, 0) is 37.5 Å². The minimum absolute atomic E-state index is 0.627. The number of nitrogens with zero attached hydrogens (tertiary/aromatic N) is 2. The predicted octanol–water partition coefficient (Wildman–Crippen LogP) is 3.55. The first kappa shape index (κ1) is 14.9. The van der Waals surface area contributed by atoms with Crippen LogP contribution in [0.25, 0.3) is 0 Å². The van der Waals surface area contributed by atoms with Crippen LogP contribution in [-0.4, -0.2) is 15.8 Å². The van der Waals surface area contributed by atoms with Crippen molar-refractivity contribution < 1.29 is 0 Å². The highest BCUT2D eigenvalue weighted by atomic mass is 35.5. The third-order valence-corrected chi connectivity index (χ3v) is 5.10. The molecule has 0 saturated heterocycles. The van der Waals surface area contributed by atoms with Gasteiger partial charge in [-0.1, -0.05) is 32.4 Å². The van der Waals surface area contributed by atoms with E-state index >= 15 is 0 Å². The highest BCUT2D eigenvalue weighted by Gasteiger charge is 2.24. The Labute approximate surface area is 121 Å². The van der Waals surface area contributed by atoms with Crippen molar-refractivity contribution in [2.45, 2.75) is 59.0 Å². The first-order valence-electron chi connectivity index (χ1n) is 7.46. The standard InChI is InChI=1S/C15H26ClN3/c1-5-13-15(16)14(19(4)18-13)9-17-12-7-6-10(2)11(3)8-12/h10-12,17H,5-9H2,1-4H3. The van der Waals surface area contributed by atoms with E-state index in [-0.39, 0.29) is 0 Å². The number of halogens is 1. The SMILES string of the molecule is CCc1nn(C)c(CNC2CCC(C)C(C)C2)c1Cl. The molecule has 4 heteroatoms. The summed E-state index contributed by atoms with van der Waals surface area (Å²) in [4.78, 5) is 0. The van der Waals surface area contributed by atoms with Gasteiger partial charge in [0.1, 0.15) is 0 Å². The molecule has 2 rings (SSSR count). The Kier molecular flexibility index (Phi) is 4.91. The van der Waals surface area contributed by atoms with E-state index in [1.54, 1.807) is 0 Å². The summed E-state index contributed by atoms with van der Waals surface area (Å²) in [5.74, 6) is 1.68. The summed E-state index contributed by atoms with van der Waals surface area (Å²) in [7, 11) is 1.98. The van der Waals surface area contributed by atoms with E-state index < -0.39 is 0 Å². The van der Waals surface area contributed by atoms with Crippen molar-refractivity contribution in [3.63, 3.8) is 0 Å². The fourth-order valence-electron chi connectivity index (χ4n) is 2.99. The number of aromatic nitrogens is 2. The third kappa shape index (κ3) is 3.32. The maximum absolute atomic E-state index is 6.38. The lowest BCUT2D eigenvalue weighted by Crippen LogP contribution is -2.36. The molecule has 0 aromatic carbocycles. The molecule has 1 N–H and O–H groups in total. The normalized spacial score (nSPS) is 27.7. The van der Waals surface area contributed by atoms with Gasteiger partial charge < -0.3 is 5.32 Å². The van der Waals surface area contributed by atoms with Crippen LogP contribution in [0.2, 0.25) is 5.02 Å². The van der Waals surface area contributed by atoms with Gasteiger partial charge in [-0.2, -0.15) is 5.10 Å². The quantitative estimate of drug-likeness (QED) is 0.916. The van der Waals surface area contributed by atoms with Gasteiger partial charge in [0.05, 0.1) is 16.4 Å². The minimum Gasteiger partial charge on any atom is -0.308 e. The maximum Gasteiger partial charge on any atom is 0.0863 e. The van der Waals surface area contributed by atoms with E-state index in [9.17, 15) is 0 Å². The van der Waals surface area contributed by atoms with Gasteiger partial charge in [-0.25, -0.2) is 0 Å². The Hall–Kier alpha value is -0.540. The molecular weight excluding hydrogens is 258 g/mol. The van der Waals surface area contributed by atoms with Crippen LogP contribution in [0.4, 0.5) is 0 Å². The number of nitrogens with one attached hydrogen (secondary N) is 1. The lowest BCUT2D eigenvalue weighted by Gasteiger charge is -2.32. The van der Waals surface area contributed by atoms with E-state index in [1.807, 2.05) is 11.7 Å². The molecule has 3 nitrogen and oxygen atoms in total. The monoisotopic (exact) mass is 283 g/mol.